The molecule has 0 saturated carbocycles. The molecule has 2 aliphatic heterocycles. The van der Waals surface area contributed by atoms with E-state index in [0.29, 0.717) is 24.2 Å². The standard InChI is InChI=1S/C24H21N3O2/c28-23(26-12-5-8-17-6-1-3-9-21(17)26)19-14-20(16-25-15-19)24(29)27-13-11-18-7-2-4-10-22(18)27/h1-4,6-7,9-10,14-16H,5,8,11-13H2. The van der Waals surface area contributed by atoms with Crippen LogP contribution in [0.2, 0.25) is 0 Å². The van der Waals surface area contributed by atoms with Crippen molar-refractivity contribution in [3.8, 4) is 0 Å². The molecule has 2 aromatic carbocycles. The number of amides is 2. The van der Waals surface area contributed by atoms with E-state index in [-0.39, 0.29) is 11.8 Å². The first-order chi connectivity index (χ1) is 14.2. The minimum atomic E-state index is -0.115. The maximum absolute atomic E-state index is 13.2. The van der Waals surface area contributed by atoms with Crippen molar-refractivity contribution >= 4 is 23.2 Å². The molecule has 0 saturated heterocycles. The molecule has 2 amide bonds. The predicted octanol–water partition coefficient (Wildman–Crippen LogP) is 3.88. The summed E-state index contributed by atoms with van der Waals surface area (Å²) in [6, 6.07) is 17.6. The highest BCUT2D eigenvalue weighted by Gasteiger charge is 2.27. The number of anilines is 2. The molecule has 0 radical (unpaired) electrons. The number of hydrogen-bond donors (Lipinski definition) is 0. The lowest BCUT2D eigenvalue weighted by atomic mass is 10.0. The van der Waals surface area contributed by atoms with Crippen molar-refractivity contribution < 1.29 is 9.59 Å². The minimum absolute atomic E-state index is 0.110. The van der Waals surface area contributed by atoms with Crippen molar-refractivity contribution in [3.63, 3.8) is 0 Å². The van der Waals surface area contributed by atoms with Gasteiger partial charge in [-0.05, 0) is 48.6 Å². The number of nitrogens with zero attached hydrogens (tertiary/aromatic N) is 3. The van der Waals surface area contributed by atoms with Gasteiger partial charge < -0.3 is 9.80 Å². The molecule has 0 N–H and O–H groups in total. The maximum Gasteiger partial charge on any atom is 0.259 e. The fraction of sp³-hybridized carbons (Fsp3) is 0.208. The Morgan fingerprint density at radius 3 is 1.93 bits per heavy atom. The van der Waals surface area contributed by atoms with E-state index in [4.69, 9.17) is 0 Å². The van der Waals surface area contributed by atoms with Gasteiger partial charge in [-0.25, -0.2) is 0 Å². The van der Waals surface area contributed by atoms with Gasteiger partial charge in [0.25, 0.3) is 11.8 Å². The Balaban J connectivity index is 1.44. The normalized spacial score (nSPS) is 15.0. The monoisotopic (exact) mass is 383 g/mol. The largest absolute Gasteiger partial charge is 0.308 e. The molecule has 2 aliphatic rings. The highest BCUT2D eigenvalue weighted by Crippen LogP contribution is 2.30. The second-order valence-corrected chi connectivity index (χ2v) is 7.49. The highest BCUT2D eigenvalue weighted by atomic mass is 16.2. The Labute approximate surface area is 169 Å². The molecule has 144 valence electrons. The van der Waals surface area contributed by atoms with Crippen LogP contribution in [0, 0.1) is 0 Å². The van der Waals surface area contributed by atoms with Crippen LogP contribution in [0.1, 0.15) is 38.3 Å². The van der Waals surface area contributed by atoms with Crippen LogP contribution in [0.25, 0.3) is 0 Å². The first kappa shape index (κ1) is 17.6. The van der Waals surface area contributed by atoms with Crippen LogP contribution in [0.5, 0.6) is 0 Å². The molecule has 0 aliphatic carbocycles. The molecule has 0 atom stereocenters. The molecule has 3 aromatic rings. The maximum atomic E-state index is 13.2. The van der Waals surface area contributed by atoms with Gasteiger partial charge in [0.1, 0.15) is 0 Å². The summed E-state index contributed by atoms with van der Waals surface area (Å²) in [6.07, 6.45) is 5.85. The number of rotatable bonds is 2. The third-order valence-corrected chi connectivity index (χ3v) is 5.72. The SMILES string of the molecule is O=C(c1cncc(C(=O)N2CCc3ccccc32)c1)N1CCCc2ccccc21. The summed E-state index contributed by atoms with van der Waals surface area (Å²) in [4.78, 5) is 34.1. The Hall–Kier alpha value is -3.47. The summed E-state index contributed by atoms with van der Waals surface area (Å²) in [5.41, 5.74) is 5.14. The molecule has 5 nitrogen and oxygen atoms in total. The molecule has 3 heterocycles. The van der Waals surface area contributed by atoms with Crippen molar-refractivity contribution in [1.82, 2.24) is 4.98 Å². The van der Waals surface area contributed by atoms with Crippen molar-refractivity contribution in [2.45, 2.75) is 19.3 Å². The molecular formula is C24H21N3O2. The second-order valence-electron chi connectivity index (χ2n) is 7.49. The lowest BCUT2D eigenvalue weighted by Crippen LogP contribution is -2.36. The van der Waals surface area contributed by atoms with Gasteiger partial charge in [0.15, 0.2) is 0 Å². The molecule has 5 rings (SSSR count). The summed E-state index contributed by atoms with van der Waals surface area (Å²) >= 11 is 0. The van der Waals surface area contributed by atoms with Crippen LogP contribution < -0.4 is 9.80 Å². The van der Waals surface area contributed by atoms with Crippen molar-refractivity contribution in [1.29, 1.82) is 0 Å². The van der Waals surface area contributed by atoms with E-state index in [9.17, 15) is 9.59 Å². The zero-order chi connectivity index (χ0) is 19.8. The minimum Gasteiger partial charge on any atom is -0.308 e. The lowest BCUT2D eigenvalue weighted by molar-refractivity contribution is 0.0984. The van der Waals surface area contributed by atoms with Gasteiger partial charge in [0.05, 0.1) is 11.1 Å². The van der Waals surface area contributed by atoms with E-state index < -0.39 is 0 Å². The molecule has 5 heteroatoms. The summed E-state index contributed by atoms with van der Waals surface area (Å²) < 4.78 is 0. The molecule has 0 bridgehead atoms. The topological polar surface area (TPSA) is 53.5 Å². The van der Waals surface area contributed by atoms with E-state index in [1.165, 1.54) is 11.1 Å². The predicted molar refractivity (Wildman–Crippen MR) is 112 cm³/mol. The van der Waals surface area contributed by atoms with E-state index in [2.05, 4.69) is 17.1 Å². The van der Waals surface area contributed by atoms with Gasteiger partial charge in [-0.3, -0.25) is 14.6 Å². The van der Waals surface area contributed by atoms with Gasteiger partial charge in [0.2, 0.25) is 0 Å². The van der Waals surface area contributed by atoms with Crippen LogP contribution in [0.3, 0.4) is 0 Å². The molecule has 0 spiro atoms. The Bertz CT molecular complexity index is 1110. The van der Waals surface area contributed by atoms with Crippen LogP contribution in [-0.4, -0.2) is 29.9 Å². The zero-order valence-corrected chi connectivity index (χ0v) is 16.0. The Morgan fingerprint density at radius 1 is 0.724 bits per heavy atom. The van der Waals surface area contributed by atoms with E-state index in [1.807, 2.05) is 36.4 Å². The number of aryl methyl sites for hydroxylation is 1. The number of benzene rings is 2. The Morgan fingerprint density at radius 2 is 1.28 bits per heavy atom. The lowest BCUT2D eigenvalue weighted by Gasteiger charge is -2.29. The summed E-state index contributed by atoms with van der Waals surface area (Å²) in [5.74, 6) is -0.225. The van der Waals surface area contributed by atoms with Crippen LogP contribution in [-0.2, 0) is 12.8 Å². The van der Waals surface area contributed by atoms with Crippen LogP contribution in [0.4, 0.5) is 11.4 Å². The van der Waals surface area contributed by atoms with Gasteiger partial charge in [-0.1, -0.05) is 36.4 Å². The number of carbonyl (C=O) groups is 2. The molecule has 1 aromatic heterocycles. The number of pyridine rings is 1. The first-order valence-corrected chi connectivity index (χ1v) is 9.97. The zero-order valence-electron chi connectivity index (χ0n) is 16.0. The second kappa shape index (κ2) is 7.17. The number of fused-ring (bicyclic) bond motifs is 2. The van der Waals surface area contributed by atoms with E-state index >= 15 is 0 Å². The van der Waals surface area contributed by atoms with Gasteiger partial charge in [0, 0.05) is 36.9 Å². The number of carbonyl (C=O) groups excluding carboxylic acids is 2. The van der Waals surface area contributed by atoms with Crippen LogP contribution in [0.15, 0.2) is 67.0 Å². The molecule has 29 heavy (non-hydrogen) atoms. The van der Waals surface area contributed by atoms with Gasteiger partial charge in [-0.2, -0.15) is 0 Å². The first-order valence-electron chi connectivity index (χ1n) is 9.97. The summed E-state index contributed by atoms with van der Waals surface area (Å²) in [7, 11) is 0. The smallest absolute Gasteiger partial charge is 0.259 e. The quantitative estimate of drug-likeness (QED) is 0.675. The average molecular weight is 383 g/mol. The summed E-state index contributed by atoms with van der Waals surface area (Å²) in [5, 5.41) is 0. The van der Waals surface area contributed by atoms with Crippen molar-refractivity contribution in [2.24, 2.45) is 0 Å². The third kappa shape index (κ3) is 3.09. The molecule has 0 fully saturated rings. The Kier molecular flexibility index (Phi) is 4.35. The summed E-state index contributed by atoms with van der Waals surface area (Å²) in [6.45, 7) is 1.32. The molecule has 0 unspecified atom stereocenters. The van der Waals surface area contributed by atoms with Gasteiger partial charge >= 0.3 is 0 Å². The fourth-order valence-corrected chi connectivity index (χ4v) is 4.28. The molecular weight excluding hydrogens is 362 g/mol. The van der Waals surface area contributed by atoms with Crippen LogP contribution >= 0.6 is 0 Å². The third-order valence-electron chi connectivity index (χ3n) is 5.72. The van der Waals surface area contributed by atoms with Crippen molar-refractivity contribution in [2.75, 3.05) is 22.9 Å². The highest BCUT2D eigenvalue weighted by molar-refractivity contribution is 6.11. The fourth-order valence-electron chi connectivity index (χ4n) is 4.28. The number of aromatic nitrogens is 1. The van der Waals surface area contributed by atoms with E-state index in [0.717, 1.165) is 30.6 Å². The number of hydrogen-bond acceptors (Lipinski definition) is 3. The van der Waals surface area contributed by atoms with E-state index in [1.54, 1.807) is 28.3 Å². The van der Waals surface area contributed by atoms with Crippen molar-refractivity contribution in [3.05, 3.63) is 89.2 Å². The van der Waals surface area contributed by atoms with Gasteiger partial charge in [-0.15, -0.1) is 0 Å². The average Bonchev–Trinajstić information content (AvgIpc) is 3.22. The number of para-hydroxylation sites is 2.